The Bertz CT molecular complexity index is 1360. The Balaban J connectivity index is 1.58. The standard InChI is InChI=1S/C33H33NOS2/c1-3-34(4-2)33(35)31-26-20-19-25-17-15-24(23-30(25)36-28-11-7-5-8-12-28)16-18-27(22-21-26)32(31)37-29-13-9-6-10-14-29/h5-15,17,21-23H,3-4,16,18-20H2,1-2H3. The highest BCUT2D eigenvalue weighted by Crippen LogP contribution is 2.39. The zero-order chi connectivity index (χ0) is 25.6. The van der Waals surface area contributed by atoms with Crippen LogP contribution >= 0.6 is 23.5 Å². The average molecular weight is 524 g/mol. The van der Waals surface area contributed by atoms with Gasteiger partial charge in [0.15, 0.2) is 0 Å². The van der Waals surface area contributed by atoms with Gasteiger partial charge in [-0.3, -0.25) is 4.79 Å². The lowest BCUT2D eigenvalue weighted by atomic mass is 9.92. The van der Waals surface area contributed by atoms with Crippen LogP contribution in [0.25, 0.3) is 0 Å². The molecule has 4 bridgehead atoms. The van der Waals surface area contributed by atoms with E-state index in [0.717, 1.165) is 41.7 Å². The highest BCUT2D eigenvalue weighted by atomic mass is 32.2. The van der Waals surface area contributed by atoms with Crippen molar-refractivity contribution in [2.24, 2.45) is 0 Å². The van der Waals surface area contributed by atoms with Crippen molar-refractivity contribution >= 4 is 29.4 Å². The van der Waals surface area contributed by atoms with Gasteiger partial charge in [-0.05, 0) is 92.1 Å². The van der Waals surface area contributed by atoms with E-state index in [2.05, 4.69) is 98.8 Å². The van der Waals surface area contributed by atoms with Crippen LogP contribution in [0.5, 0.6) is 0 Å². The fraction of sp³-hybridized carbons (Fsp3) is 0.242. The van der Waals surface area contributed by atoms with Crippen molar-refractivity contribution in [1.82, 2.24) is 4.90 Å². The van der Waals surface area contributed by atoms with Gasteiger partial charge in [0.05, 0.1) is 5.56 Å². The first-order valence-electron chi connectivity index (χ1n) is 13.2. The Morgan fingerprint density at radius 2 is 1.24 bits per heavy atom. The van der Waals surface area contributed by atoms with Crippen LogP contribution in [0.3, 0.4) is 0 Å². The van der Waals surface area contributed by atoms with Crippen LogP contribution in [-0.4, -0.2) is 23.9 Å². The summed E-state index contributed by atoms with van der Waals surface area (Å²) in [5.41, 5.74) is 6.01. The summed E-state index contributed by atoms with van der Waals surface area (Å²) in [6, 6.07) is 32.6. The second-order valence-corrected chi connectivity index (χ2v) is 11.5. The summed E-state index contributed by atoms with van der Waals surface area (Å²) < 4.78 is 0. The molecule has 4 aliphatic rings. The van der Waals surface area contributed by atoms with E-state index < -0.39 is 0 Å². The van der Waals surface area contributed by atoms with Crippen LogP contribution in [0.1, 0.15) is 46.5 Å². The molecule has 4 aromatic carbocycles. The summed E-state index contributed by atoms with van der Waals surface area (Å²) in [7, 11) is 0. The summed E-state index contributed by atoms with van der Waals surface area (Å²) in [5, 5.41) is 0. The van der Waals surface area contributed by atoms with E-state index in [-0.39, 0.29) is 5.91 Å². The molecule has 0 atom stereocenters. The SMILES string of the molecule is CCN(CC)C(=O)c1c2ccc(c1Sc1ccccc1)CCc1ccc(c(Sc3ccccc3)c1)CC2. The van der Waals surface area contributed by atoms with Crippen LogP contribution in [0.2, 0.25) is 0 Å². The smallest absolute Gasteiger partial charge is 0.255 e. The monoisotopic (exact) mass is 523 g/mol. The maximum atomic E-state index is 14.0. The van der Waals surface area contributed by atoms with Gasteiger partial charge in [0, 0.05) is 32.7 Å². The topological polar surface area (TPSA) is 20.3 Å². The molecule has 0 aliphatic heterocycles. The molecule has 0 fully saturated rings. The molecule has 0 N–H and O–H groups in total. The van der Waals surface area contributed by atoms with E-state index in [0.29, 0.717) is 13.1 Å². The number of carbonyl (C=O) groups is 1. The first kappa shape index (κ1) is 25.7. The van der Waals surface area contributed by atoms with E-state index in [1.165, 1.54) is 31.4 Å². The molecule has 4 aliphatic carbocycles. The van der Waals surface area contributed by atoms with Crippen molar-refractivity contribution in [2.75, 3.05) is 13.1 Å². The zero-order valence-electron chi connectivity index (χ0n) is 21.6. The van der Waals surface area contributed by atoms with E-state index in [9.17, 15) is 4.79 Å². The summed E-state index contributed by atoms with van der Waals surface area (Å²) >= 11 is 3.59. The number of benzene rings is 4. The predicted molar refractivity (Wildman–Crippen MR) is 156 cm³/mol. The molecule has 37 heavy (non-hydrogen) atoms. The Hall–Kier alpha value is -2.95. The van der Waals surface area contributed by atoms with Gasteiger partial charge < -0.3 is 4.90 Å². The van der Waals surface area contributed by atoms with Gasteiger partial charge in [0.2, 0.25) is 0 Å². The quantitative estimate of drug-likeness (QED) is 0.243. The molecule has 0 radical (unpaired) electrons. The lowest BCUT2D eigenvalue weighted by molar-refractivity contribution is 0.0768. The van der Waals surface area contributed by atoms with Gasteiger partial charge in [0.25, 0.3) is 5.91 Å². The molecule has 8 rings (SSSR count). The second kappa shape index (κ2) is 12.1. The number of amides is 1. The number of hydrogen-bond donors (Lipinski definition) is 0. The van der Waals surface area contributed by atoms with Crippen LogP contribution in [-0.2, 0) is 25.7 Å². The molecule has 0 saturated heterocycles. The number of aryl methyl sites for hydroxylation is 4. The van der Waals surface area contributed by atoms with Crippen molar-refractivity contribution in [2.45, 2.75) is 59.1 Å². The molecule has 0 aromatic heterocycles. The van der Waals surface area contributed by atoms with Gasteiger partial charge >= 0.3 is 0 Å². The van der Waals surface area contributed by atoms with Gasteiger partial charge in [-0.25, -0.2) is 0 Å². The van der Waals surface area contributed by atoms with Crippen molar-refractivity contribution < 1.29 is 4.79 Å². The van der Waals surface area contributed by atoms with Crippen molar-refractivity contribution in [3.63, 3.8) is 0 Å². The Kier molecular flexibility index (Phi) is 8.38. The maximum absolute atomic E-state index is 14.0. The van der Waals surface area contributed by atoms with Gasteiger partial charge in [-0.15, -0.1) is 0 Å². The third kappa shape index (κ3) is 5.97. The number of rotatable bonds is 7. The fourth-order valence-corrected chi connectivity index (χ4v) is 7.13. The third-order valence-corrected chi connectivity index (χ3v) is 9.29. The Morgan fingerprint density at radius 3 is 1.92 bits per heavy atom. The molecule has 0 saturated carbocycles. The summed E-state index contributed by atoms with van der Waals surface area (Å²) in [5.74, 6) is 0.158. The molecule has 0 spiro atoms. The molecule has 0 unspecified atom stereocenters. The largest absolute Gasteiger partial charge is 0.339 e. The van der Waals surface area contributed by atoms with Crippen molar-refractivity contribution in [1.29, 1.82) is 0 Å². The first-order chi connectivity index (χ1) is 18.2. The maximum Gasteiger partial charge on any atom is 0.255 e. The number of hydrogen-bond acceptors (Lipinski definition) is 3. The van der Waals surface area contributed by atoms with Crippen LogP contribution in [0.4, 0.5) is 0 Å². The summed E-state index contributed by atoms with van der Waals surface area (Å²) in [6.45, 7) is 5.57. The van der Waals surface area contributed by atoms with E-state index in [4.69, 9.17) is 0 Å². The summed E-state index contributed by atoms with van der Waals surface area (Å²) in [4.78, 5) is 20.8. The Morgan fingerprint density at radius 1 is 0.676 bits per heavy atom. The van der Waals surface area contributed by atoms with Gasteiger partial charge in [0.1, 0.15) is 0 Å². The minimum atomic E-state index is 0.158. The molecular weight excluding hydrogens is 491 g/mol. The molecule has 2 nitrogen and oxygen atoms in total. The molecular formula is C33H33NOS2. The van der Waals surface area contributed by atoms with E-state index in [1.54, 1.807) is 11.8 Å². The fourth-order valence-electron chi connectivity index (χ4n) is 4.92. The van der Waals surface area contributed by atoms with Crippen molar-refractivity contribution in [3.8, 4) is 0 Å². The molecule has 4 heteroatoms. The van der Waals surface area contributed by atoms with Gasteiger partial charge in [-0.2, -0.15) is 0 Å². The normalized spacial score (nSPS) is 12.7. The van der Waals surface area contributed by atoms with Crippen molar-refractivity contribution in [3.05, 3.63) is 119 Å². The second-order valence-electron chi connectivity index (χ2n) is 9.34. The molecule has 1 amide bonds. The van der Waals surface area contributed by atoms with Crippen LogP contribution in [0.15, 0.2) is 111 Å². The van der Waals surface area contributed by atoms with E-state index in [1.807, 2.05) is 22.7 Å². The predicted octanol–water partition coefficient (Wildman–Crippen LogP) is 8.35. The minimum absolute atomic E-state index is 0.158. The molecule has 4 aromatic rings. The average Bonchev–Trinajstić information content (AvgIpc) is 2.92. The highest BCUT2D eigenvalue weighted by Gasteiger charge is 2.24. The Labute approximate surface area is 229 Å². The van der Waals surface area contributed by atoms with Gasteiger partial charge in [-0.1, -0.05) is 84.2 Å². The highest BCUT2D eigenvalue weighted by molar-refractivity contribution is 7.99. The minimum Gasteiger partial charge on any atom is -0.339 e. The lowest BCUT2D eigenvalue weighted by Gasteiger charge is -2.25. The van der Waals surface area contributed by atoms with Crippen LogP contribution < -0.4 is 0 Å². The first-order valence-corrected chi connectivity index (χ1v) is 14.8. The number of carbonyl (C=O) groups excluding carboxylic acids is 1. The molecule has 0 heterocycles. The zero-order valence-corrected chi connectivity index (χ0v) is 23.2. The third-order valence-electron chi connectivity index (χ3n) is 7.00. The molecule has 188 valence electrons. The summed E-state index contributed by atoms with van der Waals surface area (Å²) in [6.07, 6.45) is 3.60. The number of nitrogens with zero attached hydrogens (tertiary/aromatic N) is 1. The lowest BCUT2D eigenvalue weighted by Crippen LogP contribution is -2.32. The van der Waals surface area contributed by atoms with Crippen LogP contribution in [0, 0.1) is 0 Å². The van der Waals surface area contributed by atoms with E-state index >= 15 is 0 Å².